The Morgan fingerprint density at radius 3 is 3.00 bits per heavy atom. The van der Waals surface area contributed by atoms with Crippen LogP contribution >= 0.6 is 0 Å². The zero-order valence-electron chi connectivity index (χ0n) is 9.51. The normalized spacial score (nSPS) is 16.4. The van der Waals surface area contributed by atoms with Gasteiger partial charge in [0, 0.05) is 12.5 Å². The number of sulfonamides is 1. The molecule has 0 amide bonds. The Labute approximate surface area is 100 Å². The highest BCUT2D eigenvalue weighted by atomic mass is 32.2. The molecule has 1 aliphatic heterocycles. The highest BCUT2D eigenvalue weighted by Crippen LogP contribution is 2.27. The van der Waals surface area contributed by atoms with Crippen LogP contribution in [0, 0.1) is 0 Å². The van der Waals surface area contributed by atoms with Crippen LogP contribution in [-0.2, 0) is 16.4 Å². The number of rotatable bonds is 4. The maximum absolute atomic E-state index is 11.9. The van der Waals surface area contributed by atoms with E-state index in [9.17, 15) is 8.42 Å². The van der Waals surface area contributed by atoms with Crippen molar-refractivity contribution in [2.24, 2.45) is 0 Å². The van der Waals surface area contributed by atoms with Crippen molar-refractivity contribution >= 4 is 10.0 Å². The minimum absolute atomic E-state index is 0.210. The number of benzene rings is 1. The second-order valence-corrected chi connectivity index (χ2v) is 5.79. The molecule has 1 heterocycles. The Hall–Kier alpha value is -1.11. The van der Waals surface area contributed by atoms with Crippen LogP contribution in [0.4, 0.5) is 0 Å². The summed E-state index contributed by atoms with van der Waals surface area (Å²) in [6.07, 6.45) is 0.730. The molecule has 1 aromatic carbocycles. The Morgan fingerprint density at radius 2 is 2.29 bits per heavy atom. The SMILES string of the molecule is C[C@H](CO)NS(=O)(=O)c1ccc2c(c1)CCO2. The molecule has 0 aliphatic carbocycles. The van der Waals surface area contributed by atoms with Gasteiger partial charge in [0.25, 0.3) is 0 Å². The molecule has 2 N–H and O–H groups in total. The zero-order valence-corrected chi connectivity index (χ0v) is 10.3. The van der Waals surface area contributed by atoms with Crippen molar-refractivity contribution in [3.8, 4) is 5.75 Å². The zero-order chi connectivity index (χ0) is 12.5. The molecule has 0 aromatic heterocycles. The van der Waals surface area contributed by atoms with Crippen molar-refractivity contribution in [1.82, 2.24) is 4.72 Å². The highest BCUT2D eigenvalue weighted by Gasteiger charge is 2.20. The molecule has 0 unspecified atom stereocenters. The molecule has 17 heavy (non-hydrogen) atoms. The first kappa shape index (κ1) is 12.3. The van der Waals surface area contributed by atoms with Crippen LogP contribution in [0.1, 0.15) is 12.5 Å². The lowest BCUT2D eigenvalue weighted by Gasteiger charge is -2.12. The number of aliphatic hydroxyl groups excluding tert-OH is 1. The fourth-order valence-electron chi connectivity index (χ4n) is 1.70. The quantitative estimate of drug-likeness (QED) is 0.812. The summed E-state index contributed by atoms with van der Waals surface area (Å²) < 4.78 is 31.6. The number of ether oxygens (including phenoxy) is 1. The van der Waals surface area contributed by atoms with E-state index in [2.05, 4.69) is 4.72 Å². The maximum atomic E-state index is 11.9. The molecule has 0 fully saturated rings. The van der Waals surface area contributed by atoms with Gasteiger partial charge in [-0.2, -0.15) is 0 Å². The van der Waals surface area contributed by atoms with Gasteiger partial charge in [0.15, 0.2) is 0 Å². The molecule has 1 aromatic rings. The molecule has 2 rings (SSSR count). The molecule has 6 heteroatoms. The fourth-order valence-corrected chi connectivity index (χ4v) is 2.99. The van der Waals surface area contributed by atoms with Crippen molar-refractivity contribution in [2.45, 2.75) is 24.3 Å². The Balaban J connectivity index is 2.28. The first-order chi connectivity index (χ1) is 8.03. The van der Waals surface area contributed by atoms with Gasteiger partial charge in [0.2, 0.25) is 10.0 Å². The molecule has 1 aliphatic rings. The molecule has 0 saturated carbocycles. The predicted molar refractivity (Wildman–Crippen MR) is 62.5 cm³/mol. The van der Waals surface area contributed by atoms with Gasteiger partial charge in [-0.1, -0.05) is 0 Å². The van der Waals surface area contributed by atoms with Gasteiger partial charge in [-0.15, -0.1) is 0 Å². The van der Waals surface area contributed by atoms with E-state index in [0.29, 0.717) is 6.61 Å². The van der Waals surface area contributed by atoms with E-state index < -0.39 is 16.1 Å². The van der Waals surface area contributed by atoms with Crippen LogP contribution in [0.3, 0.4) is 0 Å². The monoisotopic (exact) mass is 257 g/mol. The van der Waals surface area contributed by atoms with Gasteiger partial charge in [-0.3, -0.25) is 0 Å². The van der Waals surface area contributed by atoms with Gasteiger partial charge in [0.05, 0.1) is 18.1 Å². The van der Waals surface area contributed by atoms with Gasteiger partial charge >= 0.3 is 0 Å². The van der Waals surface area contributed by atoms with E-state index in [-0.39, 0.29) is 11.5 Å². The molecule has 0 saturated heterocycles. The Morgan fingerprint density at radius 1 is 1.53 bits per heavy atom. The number of fused-ring (bicyclic) bond motifs is 1. The number of aliphatic hydroxyl groups is 1. The number of nitrogens with one attached hydrogen (secondary N) is 1. The van der Waals surface area contributed by atoms with Crippen LogP contribution in [0.25, 0.3) is 0 Å². The van der Waals surface area contributed by atoms with E-state index >= 15 is 0 Å². The lowest BCUT2D eigenvalue weighted by molar-refractivity contribution is 0.265. The van der Waals surface area contributed by atoms with Crippen molar-refractivity contribution in [3.63, 3.8) is 0 Å². The van der Waals surface area contributed by atoms with E-state index in [0.717, 1.165) is 17.7 Å². The molecule has 94 valence electrons. The van der Waals surface area contributed by atoms with Gasteiger partial charge in [-0.25, -0.2) is 13.1 Å². The summed E-state index contributed by atoms with van der Waals surface area (Å²) in [4.78, 5) is 0.210. The van der Waals surface area contributed by atoms with Crippen LogP contribution in [0.2, 0.25) is 0 Å². The summed E-state index contributed by atoms with van der Waals surface area (Å²) >= 11 is 0. The van der Waals surface area contributed by atoms with Crippen LogP contribution in [-0.4, -0.2) is 32.8 Å². The lowest BCUT2D eigenvalue weighted by atomic mass is 10.2. The van der Waals surface area contributed by atoms with Crippen LogP contribution in [0.5, 0.6) is 5.75 Å². The lowest BCUT2D eigenvalue weighted by Crippen LogP contribution is -2.35. The van der Waals surface area contributed by atoms with Crippen LogP contribution < -0.4 is 9.46 Å². The van der Waals surface area contributed by atoms with Gasteiger partial charge in [-0.05, 0) is 30.7 Å². The summed E-state index contributed by atoms with van der Waals surface area (Å²) in [5.41, 5.74) is 0.907. The minimum atomic E-state index is -3.56. The van der Waals surface area contributed by atoms with E-state index in [1.54, 1.807) is 19.1 Å². The molecule has 5 nitrogen and oxygen atoms in total. The van der Waals surface area contributed by atoms with Crippen molar-refractivity contribution in [3.05, 3.63) is 23.8 Å². The van der Waals surface area contributed by atoms with Crippen LogP contribution in [0.15, 0.2) is 23.1 Å². The van der Waals surface area contributed by atoms with Crippen molar-refractivity contribution < 1.29 is 18.3 Å². The standard InChI is InChI=1S/C11H15NO4S/c1-8(7-13)12-17(14,15)10-2-3-11-9(6-10)4-5-16-11/h2-3,6,8,12-13H,4-5,7H2,1H3/t8-/m1/s1. The third-order valence-electron chi connectivity index (χ3n) is 2.60. The first-order valence-electron chi connectivity index (χ1n) is 5.42. The molecule has 0 radical (unpaired) electrons. The molecule has 0 spiro atoms. The summed E-state index contributed by atoms with van der Waals surface area (Å²) in [6.45, 7) is 1.97. The Kier molecular flexibility index (Phi) is 3.37. The number of hydrogen-bond donors (Lipinski definition) is 2. The van der Waals surface area contributed by atoms with E-state index in [1.807, 2.05) is 0 Å². The Bertz CT molecular complexity index is 512. The van der Waals surface area contributed by atoms with Crippen molar-refractivity contribution in [2.75, 3.05) is 13.2 Å². The molecular formula is C11H15NO4S. The molecular weight excluding hydrogens is 242 g/mol. The smallest absolute Gasteiger partial charge is 0.240 e. The summed E-state index contributed by atoms with van der Waals surface area (Å²) in [7, 11) is -3.56. The van der Waals surface area contributed by atoms with Crippen molar-refractivity contribution in [1.29, 1.82) is 0 Å². The largest absolute Gasteiger partial charge is 0.493 e. The van der Waals surface area contributed by atoms with Gasteiger partial charge < -0.3 is 9.84 Å². The first-order valence-corrected chi connectivity index (χ1v) is 6.90. The average molecular weight is 257 g/mol. The average Bonchev–Trinajstić information content (AvgIpc) is 2.75. The summed E-state index contributed by atoms with van der Waals surface area (Å²) in [5, 5.41) is 8.85. The third-order valence-corrected chi connectivity index (χ3v) is 4.19. The minimum Gasteiger partial charge on any atom is -0.493 e. The topological polar surface area (TPSA) is 75.6 Å². The maximum Gasteiger partial charge on any atom is 0.240 e. The molecule has 1 atom stereocenters. The number of hydrogen-bond acceptors (Lipinski definition) is 4. The molecule has 0 bridgehead atoms. The summed E-state index contributed by atoms with van der Waals surface area (Å²) in [5.74, 6) is 0.749. The second kappa shape index (κ2) is 4.64. The fraction of sp³-hybridized carbons (Fsp3) is 0.455. The highest BCUT2D eigenvalue weighted by molar-refractivity contribution is 7.89. The predicted octanol–water partition coefficient (Wildman–Crippen LogP) is 0.281. The van der Waals surface area contributed by atoms with Gasteiger partial charge in [0.1, 0.15) is 5.75 Å². The second-order valence-electron chi connectivity index (χ2n) is 4.07. The third kappa shape index (κ3) is 2.59. The van der Waals surface area contributed by atoms with E-state index in [4.69, 9.17) is 9.84 Å². The summed E-state index contributed by atoms with van der Waals surface area (Å²) in [6, 6.07) is 4.30. The van der Waals surface area contributed by atoms with E-state index in [1.165, 1.54) is 6.07 Å².